The molecule has 0 unspecified atom stereocenters. The lowest BCUT2D eigenvalue weighted by Gasteiger charge is -2.33. The van der Waals surface area contributed by atoms with E-state index in [-0.39, 0.29) is 10.6 Å². The van der Waals surface area contributed by atoms with Gasteiger partial charge >= 0.3 is 5.69 Å². The first-order valence-electron chi connectivity index (χ1n) is 8.28. The Morgan fingerprint density at radius 3 is 2.55 bits per heavy atom. The first kappa shape index (κ1) is 15.3. The van der Waals surface area contributed by atoms with E-state index in [0.29, 0.717) is 24.0 Å². The van der Waals surface area contributed by atoms with E-state index in [0.717, 1.165) is 38.4 Å². The topological polar surface area (TPSA) is 76.2 Å². The van der Waals surface area contributed by atoms with Gasteiger partial charge in [-0.15, -0.1) is 0 Å². The summed E-state index contributed by atoms with van der Waals surface area (Å²) in [6, 6.07) is 0.551. The van der Waals surface area contributed by atoms with E-state index < -0.39 is 0 Å². The van der Waals surface area contributed by atoms with Gasteiger partial charge in [-0.25, -0.2) is 4.68 Å². The van der Waals surface area contributed by atoms with Crippen LogP contribution >= 0.6 is 0 Å². The molecule has 3 rings (SSSR count). The molecule has 2 heterocycles. The van der Waals surface area contributed by atoms with Gasteiger partial charge in [0.25, 0.3) is 0 Å². The van der Waals surface area contributed by atoms with Crippen molar-refractivity contribution in [3.8, 4) is 0 Å². The molecule has 1 aliphatic heterocycles. The third kappa shape index (κ3) is 3.09. The van der Waals surface area contributed by atoms with Crippen molar-refractivity contribution in [3.63, 3.8) is 0 Å². The second-order valence-electron chi connectivity index (χ2n) is 6.47. The molecule has 7 nitrogen and oxygen atoms in total. The molecule has 1 aromatic rings. The first-order chi connectivity index (χ1) is 10.6. The van der Waals surface area contributed by atoms with Crippen LogP contribution in [0.2, 0.25) is 0 Å². The van der Waals surface area contributed by atoms with E-state index in [9.17, 15) is 10.1 Å². The maximum absolute atomic E-state index is 11.4. The maximum Gasteiger partial charge on any atom is 0.334 e. The highest BCUT2D eigenvalue weighted by Gasteiger charge is 2.32. The van der Waals surface area contributed by atoms with Crippen molar-refractivity contribution >= 4 is 11.5 Å². The molecule has 0 radical (unpaired) electrons. The number of rotatable bonds is 6. The summed E-state index contributed by atoms with van der Waals surface area (Å²) < 4.78 is 1.68. The largest absolute Gasteiger partial charge is 0.351 e. The van der Waals surface area contributed by atoms with E-state index in [1.54, 1.807) is 11.7 Å². The van der Waals surface area contributed by atoms with Gasteiger partial charge in [0.2, 0.25) is 5.82 Å². The fourth-order valence-corrected chi connectivity index (χ4v) is 3.29. The van der Waals surface area contributed by atoms with Crippen molar-refractivity contribution in [1.29, 1.82) is 0 Å². The maximum atomic E-state index is 11.4. The molecule has 0 spiro atoms. The summed E-state index contributed by atoms with van der Waals surface area (Å²) in [5, 5.41) is 19.4. The van der Waals surface area contributed by atoms with Crippen LogP contribution in [-0.2, 0) is 13.5 Å². The molecule has 22 heavy (non-hydrogen) atoms. The first-order valence-corrected chi connectivity index (χ1v) is 8.28. The third-order valence-electron chi connectivity index (χ3n) is 4.77. The average molecular weight is 307 g/mol. The van der Waals surface area contributed by atoms with Crippen LogP contribution in [0, 0.1) is 16.0 Å². The van der Waals surface area contributed by atoms with Crippen molar-refractivity contribution < 1.29 is 4.92 Å². The summed E-state index contributed by atoms with van der Waals surface area (Å²) in [6.45, 7) is 4.75. The Balaban J connectivity index is 1.67. The Bertz CT molecular complexity index is 544. The van der Waals surface area contributed by atoms with Crippen LogP contribution in [0.1, 0.15) is 38.3 Å². The highest BCUT2D eigenvalue weighted by molar-refractivity contribution is 5.61. The van der Waals surface area contributed by atoms with Crippen LogP contribution in [0.5, 0.6) is 0 Å². The zero-order valence-electron chi connectivity index (χ0n) is 13.4. The van der Waals surface area contributed by atoms with Gasteiger partial charge in [-0.2, -0.15) is 5.10 Å². The predicted octanol–water partition coefficient (Wildman–Crippen LogP) is 1.86. The molecule has 0 aromatic carbocycles. The normalized spacial score (nSPS) is 19.6. The monoisotopic (exact) mass is 307 g/mol. The van der Waals surface area contributed by atoms with Crippen LogP contribution in [0.3, 0.4) is 0 Å². The van der Waals surface area contributed by atoms with Gasteiger partial charge in [0.1, 0.15) is 5.69 Å². The molecule has 2 fully saturated rings. The highest BCUT2D eigenvalue weighted by atomic mass is 16.6. The number of hydrogen-bond acceptors (Lipinski definition) is 5. The van der Waals surface area contributed by atoms with Crippen LogP contribution in [0.15, 0.2) is 0 Å². The third-order valence-corrected chi connectivity index (χ3v) is 4.77. The lowest BCUT2D eigenvalue weighted by Crippen LogP contribution is -2.43. The molecule has 1 aromatic heterocycles. The summed E-state index contributed by atoms with van der Waals surface area (Å²) in [5.41, 5.74) is 0.769. The number of nitrogens with one attached hydrogen (secondary N) is 1. The number of aryl methyl sites for hydroxylation is 2. The zero-order valence-corrected chi connectivity index (χ0v) is 13.4. The molecular formula is C15H25N5O2. The van der Waals surface area contributed by atoms with Crippen molar-refractivity contribution in [2.75, 3.05) is 24.5 Å². The molecule has 1 N–H and O–H groups in total. The summed E-state index contributed by atoms with van der Waals surface area (Å²) in [5.74, 6) is 1.56. The lowest BCUT2D eigenvalue weighted by atomic mass is 10.0. The number of nitrogens with zero attached hydrogens (tertiary/aromatic N) is 4. The van der Waals surface area contributed by atoms with E-state index >= 15 is 0 Å². The summed E-state index contributed by atoms with van der Waals surface area (Å²) in [4.78, 5) is 13.3. The molecule has 0 amide bonds. The van der Waals surface area contributed by atoms with Crippen molar-refractivity contribution in [2.24, 2.45) is 13.0 Å². The van der Waals surface area contributed by atoms with Gasteiger partial charge in [0.05, 0.1) is 4.92 Å². The Hall–Kier alpha value is -1.63. The number of anilines is 1. The minimum atomic E-state index is -0.279. The van der Waals surface area contributed by atoms with Crippen LogP contribution < -0.4 is 10.2 Å². The van der Waals surface area contributed by atoms with E-state index in [1.807, 2.05) is 6.92 Å². The molecule has 0 atom stereocenters. The Kier molecular flexibility index (Phi) is 4.33. The highest BCUT2D eigenvalue weighted by Crippen LogP contribution is 2.33. The van der Waals surface area contributed by atoms with Gasteiger partial charge in [0, 0.05) is 26.2 Å². The van der Waals surface area contributed by atoms with Crippen LogP contribution in [0.25, 0.3) is 0 Å². The quantitative estimate of drug-likeness (QED) is 0.641. The van der Waals surface area contributed by atoms with Crippen LogP contribution in [-0.4, -0.2) is 40.4 Å². The molecule has 1 aliphatic carbocycles. The minimum Gasteiger partial charge on any atom is -0.351 e. The Morgan fingerprint density at radius 1 is 1.32 bits per heavy atom. The minimum absolute atomic E-state index is 0.189. The number of aromatic nitrogens is 2. The fraction of sp³-hybridized carbons (Fsp3) is 0.800. The van der Waals surface area contributed by atoms with E-state index in [4.69, 9.17) is 0 Å². The molecule has 2 aliphatic rings. The van der Waals surface area contributed by atoms with Gasteiger partial charge < -0.3 is 10.2 Å². The fourth-order valence-electron chi connectivity index (χ4n) is 3.29. The smallest absolute Gasteiger partial charge is 0.334 e. The Labute approximate surface area is 130 Å². The van der Waals surface area contributed by atoms with Crippen molar-refractivity contribution in [3.05, 3.63) is 15.8 Å². The molecule has 1 saturated heterocycles. The molecular weight excluding hydrogens is 282 g/mol. The predicted molar refractivity (Wildman–Crippen MR) is 85.2 cm³/mol. The van der Waals surface area contributed by atoms with Gasteiger partial charge in [0.15, 0.2) is 0 Å². The zero-order chi connectivity index (χ0) is 15.7. The van der Waals surface area contributed by atoms with Gasteiger partial charge in [-0.3, -0.25) is 10.1 Å². The van der Waals surface area contributed by atoms with E-state index in [1.165, 1.54) is 12.8 Å². The summed E-state index contributed by atoms with van der Waals surface area (Å²) in [6.07, 6.45) is 5.40. The lowest BCUT2D eigenvalue weighted by molar-refractivity contribution is -0.384. The number of piperidine rings is 1. The molecule has 7 heteroatoms. The second-order valence-corrected chi connectivity index (χ2v) is 6.47. The number of hydrogen-bond donors (Lipinski definition) is 1. The second kappa shape index (κ2) is 6.24. The molecule has 0 bridgehead atoms. The van der Waals surface area contributed by atoms with Crippen molar-refractivity contribution in [2.45, 2.75) is 45.1 Å². The summed E-state index contributed by atoms with van der Waals surface area (Å²) in [7, 11) is 1.80. The van der Waals surface area contributed by atoms with Crippen LogP contribution in [0.4, 0.5) is 11.5 Å². The van der Waals surface area contributed by atoms with Gasteiger partial charge in [-0.05, 0) is 44.6 Å². The van der Waals surface area contributed by atoms with E-state index in [2.05, 4.69) is 15.3 Å². The average Bonchev–Trinajstić information content (AvgIpc) is 3.27. The SMILES string of the molecule is CCc1nn(C)c(N2CCC(NCC3CC3)CC2)c1[N+](=O)[O-]. The Morgan fingerprint density at radius 2 is 2.00 bits per heavy atom. The standard InChI is InChI=1S/C15H25N5O2/c1-3-13-14(20(21)22)15(18(2)17-13)19-8-6-12(7-9-19)16-10-11-4-5-11/h11-12,16H,3-10H2,1-2H3. The number of nitro groups is 1. The van der Waals surface area contributed by atoms with Gasteiger partial charge in [-0.1, -0.05) is 6.92 Å². The van der Waals surface area contributed by atoms with Crippen molar-refractivity contribution in [1.82, 2.24) is 15.1 Å². The molecule has 1 saturated carbocycles. The molecule has 122 valence electrons. The summed E-state index contributed by atoms with van der Waals surface area (Å²) >= 11 is 0.